The molecule has 10 heteroatoms. The average molecular weight is 476 g/mol. The number of benzene rings is 1. The lowest BCUT2D eigenvalue weighted by molar-refractivity contribution is -0.147. The molecule has 33 heavy (non-hydrogen) atoms. The first-order valence-electron chi connectivity index (χ1n) is 9.95. The highest BCUT2D eigenvalue weighted by molar-refractivity contribution is 7.18. The molecule has 0 radical (unpaired) electrons. The van der Waals surface area contributed by atoms with Crippen LogP contribution in [0.5, 0.6) is 0 Å². The quantitative estimate of drug-likeness (QED) is 0.332. The van der Waals surface area contributed by atoms with Gasteiger partial charge in [-0.25, -0.2) is 9.59 Å². The van der Waals surface area contributed by atoms with Gasteiger partial charge in [0, 0.05) is 12.0 Å². The number of ketones is 1. The Morgan fingerprint density at radius 1 is 0.939 bits per heavy atom. The topological polar surface area (TPSA) is 125 Å². The van der Waals surface area contributed by atoms with Gasteiger partial charge in [-0.3, -0.25) is 14.4 Å². The molecule has 1 aromatic carbocycles. The van der Waals surface area contributed by atoms with Gasteiger partial charge in [-0.15, -0.1) is 11.3 Å². The molecular weight excluding hydrogens is 450 g/mol. The van der Waals surface area contributed by atoms with E-state index in [1.54, 1.807) is 6.07 Å². The molecule has 0 saturated heterocycles. The number of hydrogen-bond acceptors (Lipinski definition) is 9. The van der Waals surface area contributed by atoms with E-state index in [2.05, 4.69) is 10.1 Å². The second-order valence-electron chi connectivity index (χ2n) is 7.19. The van der Waals surface area contributed by atoms with Crippen LogP contribution in [0.2, 0.25) is 0 Å². The van der Waals surface area contributed by atoms with Crippen molar-refractivity contribution in [2.24, 2.45) is 0 Å². The van der Waals surface area contributed by atoms with E-state index in [0.717, 1.165) is 22.5 Å². The van der Waals surface area contributed by atoms with Gasteiger partial charge in [0.1, 0.15) is 9.88 Å². The number of aryl methyl sites for hydroxylation is 2. The van der Waals surface area contributed by atoms with Crippen molar-refractivity contribution in [3.8, 4) is 0 Å². The lowest BCUT2D eigenvalue weighted by Crippen LogP contribution is -2.22. The van der Waals surface area contributed by atoms with Crippen LogP contribution in [0.15, 0.2) is 18.2 Å². The predicted molar refractivity (Wildman–Crippen MR) is 121 cm³/mol. The third kappa shape index (κ3) is 6.48. The van der Waals surface area contributed by atoms with Crippen molar-refractivity contribution in [3.05, 3.63) is 50.9 Å². The minimum atomic E-state index is -0.740. The summed E-state index contributed by atoms with van der Waals surface area (Å²) in [4.78, 5) is 60.8. The van der Waals surface area contributed by atoms with Gasteiger partial charge in [0.15, 0.2) is 12.4 Å². The van der Waals surface area contributed by atoms with Gasteiger partial charge in [-0.2, -0.15) is 0 Å². The van der Waals surface area contributed by atoms with Crippen LogP contribution in [0.3, 0.4) is 0 Å². The molecule has 0 atom stereocenters. The summed E-state index contributed by atoms with van der Waals surface area (Å²) in [6.07, 6.45) is -0.235. The molecule has 0 saturated carbocycles. The Hall–Kier alpha value is -3.53. The SMILES string of the molecule is COC(=O)c1sc(NC(=O)COC(=O)CCC(=O)c2cc(C)ccc2C)c(C(=O)OC)c1C. The van der Waals surface area contributed by atoms with Crippen LogP contribution in [0.25, 0.3) is 0 Å². The average Bonchev–Trinajstić information content (AvgIpc) is 3.11. The van der Waals surface area contributed by atoms with Gasteiger partial charge in [0.25, 0.3) is 5.91 Å². The molecule has 0 aliphatic heterocycles. The zero-order chi connectivity index (χ0) is 24.7. The number of anilines is 1. The standard InChI is InChI=1S/C23H25NO8S/c1-12-6-7-13(2)15(10-12)16(25)8-9-18(27)32-11-17(26)24-21-19(22(28)30-4)14(3)20(33-21)23(29)31-5/h6-7,10H,8-9,11H2,1-5H3,(H,24,26). The number of nitrogens with one attached hydrogen (secondary N) is 1. The minimum Gasteiger partial charge on any atom is -0.465 e. The largest absolute Gasteiger partial charge is 0.465 e. The predicted octanol–water partition coefficient (Wildman–Crippen LogP) is 3.39. The van der Waals surface area contributed by atoms with E-state index in [-0.39, 0.29) is 34.1 Å². The molecule has 1 heterocycles. The fraction of sp³-hybridized carbons (Fsp3) is 0.348. The first-order chi connectivity index (χ1) is 15.6. The van der Waals surface area contributed by atoms with Gasteiger partial charge in [-0.05, 0) is 38.0 Å². The van der Waals surface area contributed by atoms with Gasteiger partial charge >= 0.3 is 17.9 Å². The molecule has 0 spiro atoms. The van der Waals surface area contributed by atoms with Crippen molar-refractivity contribution in [1.29, 1.82) is 0 Å². The van der Waals surface area contributed by atoms with E-state index >= 15 is 0 Å². The van der Waals surface area contributed by atoms with Crippen molar-refractivity contribution in [1.82, 2.24) is 0 Å². The van der Waals surface area contributed by atoms with Crippen LogP contribution in [0.4, 0.5) is 5.00 Å². The van der Waals surface area contributed by atoms with Crippen LogP contribution in [-0.2, 0) is 23.8 Å². The summed E-state index contributed by atoms with van der Waals surface area (Å²) in [6, 6.07) is 5.50. The number of carbonyl (C=O) groups is 5. The zero-order valence-electron chi connectivity index (χ0n) is 19.0. The van der Waals surface area contributed by atoms with Crippen LogP contribution in [-0.4, -0.2) is 50.4 Å². The van der Waals surface area contributed by atoms with Crippen LogP contribution >= 0.6 is 11.3 Å². The third-order valence-electron chi connectivity index (χ3n) is 4.77. The molecule has 1 aromatic heterocycles. The van der Waals surface area contributed by atoms with E-state index < -0.39 is 30.4 Å². The molecule has 1 amide bonds. The minimum absolute atomic E-state index is 0.0155. The maximum atomic E-state index is 12.4. The van der Waals surface area contributed by atoms with Gasteiger partial charge < -0.3 is 19.5 Å². The van der Waals surface area contributed by atoms with E-state index in [1.807, 2.05) is 26.0 Å². The smallest absolute Gasteiger partial charge is 0.348 e. The summed E-state index contributed by atoms with van der Waals surface area (Å²) < 4.78 is 14.3. The highest BCUT2D eigenvalue weighted by Gasteiger charge is 2.27. The summed E-state index contributed by atoms with van der Waals surface area (Å²) in [5, 5.41) is 2.53. The highest BCUT2D eigenvalue weighted by Crippen LogP contribution is 2.34. The Labute approximate surface area is 195 Å². The van der Waals surface area contributed by atoms with Crippen LogP contribution < -0.4 is 5.32 Å². The van der Waals surface area contributed by atoms with Crippen molar-refractivity contribution in [2.45, 2.75) is 33.6 Å². The number of carbonyl (C=O) groups excluding carboxylic acids is 5. The van der Waals surface area contributed by atoms with Gasteiger partial charge in [0.05, 0.1) is 26.2 Å². The number of rotatable bonds is 9. The maximum absolute atomic E-state index is 12.4. The Balaban J connectivity index is 1.96. The molecule has 0 aliphatic rings. The normalized spacial score (nSPS) is 10.3. The zero-order valence-corrected chi connectivity index (χ0v) is 19.8. The molecule has 1 N–H and O–H groups in total. The number of methoxy groups -OCH3 is 2. The van der Waals surface area contributed by atoms with Crippen LogP contribution in [0, 0.1) is 20.8 Å². The van der Waals surface area contributed by atoms with Crippen LogP contribution in [0.1, 0.15) is 59.9 Å². The van der Waals surface area contributed by atoms with E-state index in [9.17, 15) is 24.0 Å². The summed E-state index contributed by atoms with van der Waals surface area (Å²) in [6.45, 7) is 4.59. The number of Topliss-reactive ketones (excluding diaryl/α,β-unsaturated/α-hetero) is 1. The Kier molecular flexibility index (Phi) is 8.86. The van der Waals surface area contributed by atoms with Crippen molar-refractivity contribution >= 4 is 45.9 Å². The summed E-state index contributed by atoms with van der Waals surface area (Å²) in [5.41, 5.74) is 2.62. The molecule has 176 valence electrons. The molecule has 2 rings (SSSR count). The Morgan fingerprint density at radius 2 is 1.61 bits per heavy atom. The Morgan fingerprint density at radius 3 is 2.24 bits per heavy atom. The monoisotopic (exact) mass is 475 g/mol. The molecule has 0 bridgehead atoms. The molecule has 0 unspecified atom stereocenters. The third-order valence-corrected chi connectivity index (χ3v) is 5.96. The number of hydrogen-bond donors (Lipinski definition) is 1. The summed E-state index contributed by atoms with van der Waals surface area (Å²) in [7, 11) is 2.37. The second-order valence-corrected chi connectivity index (χ2v) is 8.21. The Bertz CT molecular complexity index is 1100. The maximum Gasteiger partial charge on any atom is 0.348 e. The number of amides is 1. The number of ether oxygens (including phenoxy) is 3. The first-order valence-corrected chi connectivity index (χ1v) is 10.8. The van der Waals surface area contributed by atoms with Gasteiger partial charge in [-0.1, -0.05) is 17.7 Å². The van der Waals surface area contributed by atoms with Crippen molar-refractivity contribution < 1.29 is 38.2 Å². The van der Waals surface area contributed by atoms with Gasteiger partial charge in [0.2, 0.25) is 0 Å². The number of esters is 3. The summed E-state index contributed by atoms with van der Waals surface area (Å²) in [5.74, 6) is -3.02. The van der Waals surface area contributed by atoms with E-state index in [0.29, 0.717) is 11.1 Å². The fourth-order valence-corrected chi connectivity index (χ4v) is 4.13. The fourth-order valence-electron chi connectivity index (χ4n) is 3.00. The first kappa shape index (κ1) is 25.7. The van der Waals surface area contributed by atoms with E-state index in [1.165, 1.54) is 21.1 Å². The lowest BCUT2D eigenvalue weighted by atomic mass is 9.99. The highest BCUT2D eigenvalue weighted by atomic mass is 32.1. The summed E-state index contributed by atoms with van der Waals surface area (Å²) >= 11 is 0.847. The second kappa shape index (κ2) is 11.4. The van der Waals surface area contributed by atoms with E-state index in [4.69, 9.17) is 9.47 Å². The van der Waals surface area contributed by atoms with Crippen molar-refractivity contribution in [2.75, 3.05) is 26.1 Å². The molecule has 0 aliphatic carbocycles. The molecule has 0 fully saturated rings. The number of thiophene rings is 1. The molecular formula is C23H25NO8S. The lowest BCUT2D eigenvalue weighted by Gasteiger charge is -2.08. The van der Waals surface area contributed by atoms with Crippen molar-refractivity contribution in [3.63, 3.8) is 0 Å². The molecule has 2 aromatic rings. The molecule has 9 nitrogen and oxygen atoms in total.